The smallest absolute Gasteiger partial charge is 0.326 e. The predicted molar refractivity (Wildman–Crippen MR) is 80.1 cm³/mol. The Hall–Kier alpha value is -2.32. The number of carboxylic acid groups (broad SMARTS) is 3. The lowest BCUT2D eigenvalue weighted by molar-refractivity contribution is -0.140. The fourth-order valence-electron chi connectivity index (χ4n) is 1.87. The van der Waals surface area contributed by atoms with Gasteiger partial charge in [-0.15, -0.1) is 0 Å². The highest BCUT2D eigenvalue weighted by Gasteiger charge is 2.24. The highest BCUT2D eigenvalue weighted by atomic mass is 16.4. The summed E-state index contributed by atoms with van der Waals surface area (Å²) in [7, 11) is 0. The molecule has 2 amide bonds. The molecule has 132 valence electrons. The van der Waals surface area contributed by atoms with Gasteiger partial charge in [-0.3, -0.25) is 4.79 Å². The van der Waals surface area contributed by atoms with E-state index in [1.165, 1.54) is 0 Å². The van der Waals surface area contributed by atoms with Crippen molar-refractivity contribution in [2.45, 2.75) is 58.0 Å². The van der Waals surface area contributed by atoms with Gasteiger partial charge in [-0.05, 0) is 18.8 Å². The van der Waals surface area contributed by atoms with Gasteiger partial charge in [0.2, 0.25) is 0 Å². The van der Waals surface area contributed by atoms with Crippen LogP contribution in [0.15, 0.2) is 0 Å². The third-order valence-electron chi connectivity index (χ3n) is 3.13. The van der Waals surface area contributed by atoms with Crippen LogP contribution in [-0.4, -0.2) is 51.3 Å². The largest absolute Gasteiger partial charge is 0.481 e. The maximum absolute atomic E-state index is 11.7. The maximum atomic E-state index is 11.7. The summed E-state index contributed by atoms with van der Waals surface area (Å²) in [5.74, 6) is -3.37. The van der Waals surface area contributed by atoms with Gasteiger partial charge >= 0.3 is 23.9 Å². The number of aliphatic carboxylic acids is 3. The molecule has 0 aliphatic heterocycles. The summed E-state index contributed by atoms with van der Waals surface area (Å²) in [5, 5.41) is 30.8. The third kappa shape index (κ3) is 10.1. The normalized spacial score (nSPS) is 13.2. The van der Waals surface area contributed by atoms with Crippen LogP contribution < -0.4 is 10.6 Å². The fraction of sp³-hybridized carbons (Fsp3) is 0.714. The molecule has 0 saturated heterocycles. The topological polar surface area (TPSA) is 153 Å². The lowest BCUT2D eigenvalue weighted by Crippen LogP contribution is -2.51. The van der Waals surface area contributed by atoms with Gasteiger partial charge in [0, 0.05) is 6.42 Å². The van der Waals surface area contributed by atoms with E-state index in [4.69, 9.17) is 15.3 Å². The van der Waals surface area contributed by atoms with E-state index >= 15 is 0 Å². The minimum atomic E-state index is -1.39. The molecule has 0 aromatic carbocycles. The molecule has 0 radical (unpaired) electrons. The van der Waals surface area contributed by atoms with Crippen molar-refractivity contribution in [3.63, 3.8) is 0 Å². The van der Waals surface area contributed by atoms with E-state index in [0.717, 1.165) is 6.42 Å². The number of rotatable bonds is 11. The zero-order valence-corrected chi connectivity index (χ0v) is 13.2. The molecule has 0 fully saturated rings. The first-order chi connectivity index (χ1) is 10.6. The van der Waals surface area contributed by atoms with Crippen molar-refractivity contribution >= 4 is 23.9 Å². The van der Waals surface area contributed by atoms with E-state index in [0.29, 0.717) is 12.3 Å². The van der Waals surface area contributed by atoms with Crippen LogP contribution in [0.5, 0.6) is 0 Å². The van der Waals surface area contributed by atoms with Gasteiger partial charge in [0.1, 0.15) is 12.1 Å². The molecule has 23 heavy (non-hydrogen) atoms. The molecule has 0 saturated carbocycles. The van der Waals surface area contributed by atoms with Gasteiger partial charge < -0.3 is 26.0 Å². The van der Waals surface area contributed by atoms with E-state index in [1.54, 1.807) is 0 Å². The second kappa shape index (κ2) is 10.4. The molecule has 0 aliphatic rings. The number of nitrogens with one attached hydrogen (secondary N) is 2. The van der Waals surface area contributed by atoms with E-state index in [9.17, 15) is 19.2 Å². The van der Waals surface area contributed by atoms with Crippen LogP contribution in [0, 0.1) is 5.92 Å². The first-order valence-corrected chi connectivity index (χ1v) is 7.38. The number of amides is 2. The van der Waals surface area contributed by atoms with Crippen molar-refractivity contribution in [1.82, 2.24) is 10.6 Å². The molecule has 0 aromatic heterocycles. The van der Waals surface area contributed by atoms with Gasteiger partial charge in [-0.2, -0.15) is 0 Å². The van der Waals surface area contributed by atoms with Crippen molar-refractivity contribution in [3.05, 3.63) is 0 Å². The number of carboxylic acids is 3. The molecule has 2 atom stereocenters. The Morgan fingerprint density at radius 2 is 1.30 bits per heavy atom. The molecular formula is C14H24N2O7. The molecule has 9 nitrogen and oxygen atoms in total. The molecule has 0 bridgehead atoms. The maximum Gasteiger partial charge on any atom is 0.326 e. The summed E-state index contributed by atoms with van der Waals surface area (Å²) in [6.07, 6.45) is 0.935. The molecule has 0 aromatic rings. The average molecular weight is 332 g/mol. The second-order valence-electron chi connectivity index (χ2n) is 5.66. The Morgan fingerprint density at radius 3 is 1.70 bits per heavy atom. The van der Waals surface area contributed by atoms with E-state index in [1.807, 2.05) is 13.8 Å². The van der Waals surface area contributed by atoms with E-state index < -0.39 is 42.4 Å². The lowest BCUT2D eigenvalue weighted by atomic mass is 10.0. The zero-order valence-electron chi connectivity index (χ0n) is 13.2. The summed E-state index contributed by atoms with van der Waals surface area (Å²) in [6.45, 7) is 3.99. The van der Waals surface area contributed by atoms with E-state index in [2.05, 4.69) is 10.6 Å². The van der Waals surface area contributed by atoms with Gasteiger partial charge in [0.15, 0.2) is 0 Å². The summed E-state index contributed by atoms with van der Waals surface area (Å²) in [6, 6.07) is -3.46. The molecule has 0 heterocycles. The van der Waals surface area contributed by atoms with Crippen molar-refractivity contribution in [2.75, 3.05) is 0 Å². The first kappa shape index (κ1) is 20.7. The molecule has 9 heteroatoms. The standard InChI is InChI=1S/C14H24N2O7/c1-8(2)4-3-5-9(12(19)20)15-14(23)16-10(13(21)22)6-7-11(17)18/h8-10H,3-7H2,1-2H3,(H,17,18)(H,19,20)(H,21,22)(H2,15,16,23)/t9-,10-/m0/s1. The van der Waals surface area contributed by atoms with Crippen molar-refractivity contribution < 1.29 is 34.5 Å². The Morgan fingerprint density at radius 1 is 0.826 bits per heavy atom. The predicted octanol–water partition coefficient (Wildman–Crippen LogP) is 0.883. The number of urea groups is 1. The molecule has 0 unspecified atom stereocenters. The van der Waals surface area contributed by atoms with Gasteiger partial charge in [0.05, 0.1) is 0 Å². The SMILES string of the molecule is CC(C)CCC[C@H](NC(=O)N[C@@H](CCC(=O)O)C(=O)O)C(=O)O. The van der Waals surface area contributed by atoms with Crippen LogP contribution >= 0.6 is 0 Å². The van der Waals surface area contributed by atoms with Crippen molar-refractivity contribution in [1.29, 1.82) is 0 Å². The van der Waals surface area contributed by atoms with Crippen LogP contribution in [0.2, 0.25) is 0 Å². The van der Waals surface area contributed by atoms with Crippen LogP contribution in [0.25, 0.3) is 0 Å². The Balaban J connectivity index is 4.50. The molecule has 0 rings (SSSR count). The summed E-state index contributed by atoms with van der Waals surface area (Å²) >= 11 is 0. The summed E-state index contributed by atoms with van der Waals surface area (Å²) in [5.41, 5.74) is 0. The van der Waals surface area contributed by atoms with Crippen molar-refractivity contribution in [3.8, 4) is 0 Å². The van der Waals surface area contributed by atoms with Gasteiger partial charge in [-0.25, -0.2) is 14.4 Å². The van der Waals surface area contributed by atoms with Crippen molar-refractivity contribution in [2.24, 2.45) is 5.92 Å². The molecule has 0 aliphatic carbocycles. The van der Waals surface area contributed by atoms with E-state index in [-0.39, 0.29) is 12.8 Å². The second-order valence-corrected chi connectivity index (χ2v) is 5.66. The minimum absolute atomic E-state index is 0.230. The van der Waals surface area contributed by atoms with Crippen LogP contribution in [0.3, 0.4) is 0 Å². The summed E-state index contributed by atoms with van der Waals surface area (Å²) < 4.78 is 0. The number of carbonyl (C=O) groups excluding carboxylic acids is 1. The quantitative estimate of drug-likeness (QED) is 0.376. The monoisotopic (exact) mass is 332 g/mol. The van der Waals surface area contributed by atoms with Crippen LogP contribution in [0.1, 0.15) is 46.0 Å². The molecular weight excluding hydrogens is 308 g/mol. The summed E-state index contributed by atoms with van der Waals surface area (Å²) in [4.78, 5) is 44.2. The Bertz CT molecular complexity index is 437. The highest BCUT2D eigenvalue weighted by Crippen LogP contribution is 2.09. The highest BCUT2D eigenvalue weighted by molar-refractivity contribution is 5.86. The van der Waals surface area contributed by atoms with Crippen LogP contribution in [-0.2, 0) is 14.4 Å². The number of hydrogen-bond donors (Lipinski definition) is 5. The van der Waals surface area contributed by atoms with Gasteiger partial charge in [-0.1, -0.05) is 26.7 Å². The fourth-order valence-corrected chi connectivity index (χ4v) is 1.87. The Labute approximate surface area is 134 Å². The Kier molecular flexibility index (Phi) is 9.36. The minimum Gasteiger partial charge on any atom is -0.481 e. The zero-order chi connectivity index (χ0) is 18.0. The third-order valence-corrected chi connectivity index (χ3v) is 3.13. The van der Waals surface area contributed by atoms with Gasteiger partial charge in [0.25, 0.3) is 0 Å². The number of carbonyl (C=O) groups is 4. The first-order valence-electron chi connectivity index (χ1n) is 7.38. The lowest BCUT2D eigenvalue weighted by Gasteiger charge is -2.18. The number of hydrogen-bond acceptors (Lipinski definition) is 4. The molecule has 5 N–H and O–H groups in total. The molecule has 0 spiro atoms. The average Bonchev–Trinajstić information content (AvgIpc) is 2.41. The van der Waals surface area contributed by atoms with Crippen LogP contribution in [0.4, 0.5) is 4.79 Å².